The van der Waals surface area contributed by atoms with Crippen molar-refractivity contribution in [2.24, 2.45) is 0 Å². The molecule has 0 atom stereocenters. The van der Waals surface area contributed by atoms with E-state index in [2.05, 4.69) is 5.32 Å². The quantitative estimate of drug-likeness (QED) is 0.834. The van der Waals surface area contributed by atoms with Crippen LogP contribution >= 0.6 is 23.2 Å². The molecule has 0 aliphatic heterocycles. The summed E-state index contributed by atoms with van der Waals surface area (Å²) in [7, 11) is 0. The third-order valence-corrected chi connectivity index (χ3v) is 3.08. The smallest absolute Gasteiger partial charge is 0.335 e. The summed E-state index contributed by atoms with van der Waals surface area (Å²) in [6.45, 7) is 0. The number of carboxylic acids is 1. The van der Waals surface area contributed by atoms with Crippen molar-refractivity contribution in [3.63, 3.8) is 0 Å². The van der Waals surface area contributed by atoms with Crippen molar-refractivity contribution in [2.75, 3.05) is 5.32 Å². The molecule has 0 bridgehead atoms. The number of carbonyl (C=O) groups excluding carboxylic acids is 1. The van der Waals surface area contributed by atoms with E-state index in [-0.39, 0.29) is 21.3 Å². The van der Waals surface area contributed by atoms with Gasteiger partial charge in [-0.15, -0.1) is 0 Å². The number of nitrogens with one attached hydrogen (secondary N) is 1. The van der Waals surface area contributed by atoms with E-state index in [4.69, 9.17) is 32.7 Å². The number of rotatable bonds is 4. The van der Waals surface area contributed by atoms with Gasteiger partial charge >= 0.3 is 5.97 Å². The monoisotopic (exact) mass is 325 g/mol. The van der Waals surface area contributed by atoms with Crippen molar-refractivity contribution in [3.8, 4) is 0 Å². The Balaban J connectivity index is 2.16. The Kier molecular flexibility index (Phi) is 4.67. The van der Waals surface area contributed by atoms with Gasteiger partial charge in [0.2, 0.25) is 5.91 Å². The number of hydrogen-bond acceptors (Lipinski definition) is 3. The standard InChI is InChI=1S/C14H9Cl2NO4/c15-10-6-8(14(19)20)7-11(16)13(10)17-12(18)4-3-9-2-1-5-21-9/h1-7H,(H,17,18)(H,19,20)/b4-3+. The van der Waals surface area contributed by atoms with Crippen molar-refractivity contribution >= 4 is 46.8 Å². The molecule has 5 nitrogen and oxygen atoms in total. The molecule has 0 spiro atoms. The maximum Gasteiger partial charge on any atom is 0.335 e. The van der Waals surface area contributed by atoms with Gasteiger partial charge in [-0.25, -0.2) is 4.79 Å². The second-order valence-electron chi connectivity index (χ2n) is 3.96. The van der Waals surface area contributed by atoms with Crippen LogP contribution in [0, 0.1) is 0 Å². The van der Waals surface area contributed by atoms with Gasteiger partial charge in [-0.1, -0.05) is 23.2 Å². The van der Waals surface area contributed by atoms with Crippen molar-refractivity contribution in [3.05, 3.63) is 58.0 Å². The van der Waals surface area contributed by atoms with Gasteiger partial charge in [-0.3, -0.25) is 4.79 Å². The molecule has 1 amide bonds. The molecule has 1 aromatic carbocycles. The largest absolute Gasteiger partial charge is 0.478 e. The molecule has 0 saturated carbocycles. The molecule has 7 heteroatoms. The molecule has 0 radical (unpaired) electrons. The molecule has 2 N–H and O–H groups in total. The van der Waals surface area contributed by atoms with E-state index in [1.165, 1.54) is 30.5 Å². The molecule has 108 valence electrons. The first-order chi connectivity index (χ1) is 9.97. The van der Waals surface area contributed by atoms with Crippen molar-refractivity contribution in [2.45, 2.75) is 0 Å². The van der Waals surface area contributed by atoms with Gasteiger partial charge in [0.15, 0.2) is 0 Å². The third kappa shape index (κ3) is 3.87. The van der Waals surface area contributed by atoms with Gasteiger partial charge in [0.1, 0.15) is 5.76 Å². The van der Waals surface area contributed by atoms with Crippen LogP contribution in [0.15, 0.2) is 41.0 Å². The molecule has 1 aromatic heterocycles. The normalized spacial score (nSPS) is 10.8. The molecule has 0 aliphatic carbocycles. The Morgan fingerprint density at radius 3 is 2.43 bits per heavy atom. The van der Waals surface area contributed by atoms with E-state index in [0.29, 0.717) is 5.76 Å². The zero-order chi connectivity index (χ0) is 15.4. The maximum absolute atomic E-state index is 11.8. The van der Waals surface area contributed by atoms with Crippen molar-refractivity contribution < 1.29 is 19.1 Å². The van der Waals surface area contributed by atoms with E-state index in [0.717, 1.165) is 0 Å². The second kappa shape index (κ2) is 6.47. The van der Waals surface area contributed by atoms with Crippen LogP contribution in [0.3, 0.4) is 0 Å². The second-order valence-corrected chi connectivity index (χ2v) is 4.77. The fourth-order valence-electron chi connectivity index (χ4n) is 1.52. The predicted octanol–water partition coefficient (Wildman–Crippen LogP) is 3.94. The summed E-state index contributed by atoms with van der Waals surface area (Å²) in [5.74, 6) is -1.11. The number of benzene rings is 1. The zero-order valence-electron chi connectivity index (χ0n) is 10.5. The minimum atomic E-state index is -1.16. The van der Waals surface area contributed by atoms with Crippen LogP contribution < -0.4 is 5.32 Å². The third-order valence-electron chi connectivity index (χ3n) is 2.48. The Morgan fingerprint density at radius 2 is 1.90 bits per heavy atom. The summed E-state index contributed by atoms with van der Waals surface area (Å²) in [5, 5.41) is 11.4. The van der Waals surface area contributed by atoms with Gasteiger partial charge in [0.05, 0.1) is 27.6 Å². The first-order valence-corrected chi connectivity index (χ1v) is 6.48. The molecule has 0 saturated heterocycles. The lowest BCUT2D eigenvalue weighted by Crippen LogP contribution is -2.09. The Morgan fingerprint density at radius 1 is 1.24 bits per heavy atom. The lowest BCUT2D eigenvalue weighted by Gasteiger charge is -2.08. The van der Waals surface area contributed by atoms with Gasteiger partial charge in [-0.05, 0) is 30.3 Å². The molecule has 2 rings (SSSR count). The number of anilines is 1. The maximum atomic E-state index is 11.8. The Labute approximate surface area is 129 Å². The van der Waals surface area contributed by atoms with Gasteiger partial charge in [-0.2, -0.15) is 0 Å². The zero-order valence-corrected chi connectivity index (χ0v) is 12.0. The number of furan rings is 1. The highest BCUT2D eigenvalue weighted by molar-refractivity contribution is 6.40. The number of aromatic carboxylic acids is 1. The van der Waals surface area contributed by atoms with Crippen LogP contribution in [0.5, 0.6) is 0 Å². The number of halogens is 2. The van der Waals surface area contributed by atoms with E-state index >= 15 is 0 Å². The predicted molar refractivity (Wildman–Crippen MR) is 79.8 cm³/mol. The first-order valence-electron chi connectivity index (χ1n) is 5.72. The molecule has 2 aromatic rings. The lowest BCUT2D eigenvalue weighted by atomic mass is 10.2. The minimum Gasteiger partial charge on any atom is -0.478 e. The number of carbonyl (C=O) groups is 2. The van der Waals surface area contributed by atoms with Gasteiger partial charge in [0, 0.05) is 6.08 Å². The van der Waals surface area contributed by atoms with Crippen molar-refractivity contribution in [1.82, 2.24) is 0 Å². The van der Waals surface area contributed by atoms with E-state index in [9.17, 15) is 9.59 Å². The molecule has 0 unspecified atom stereocenters. The fraction of sp³-hybridized carbons (Fsp3) is 0. The average molecular weight is 326 g/mol. The van der Waals surface area contributed by atoms with Crippen molar-refractivity contribution in [1.29, 1.82) is 0 Å². The van der Waals surface area contributed by atoms with Crippen LogP contribution in [0.2, 0.25) is 10.0 Å². The SMILES string of the molecule is O=C(/C=C/c1ccco1)Nc1c(Cl)cc(C(=O)O)cc1Cl. The van der Waals surface area contributed by atoms with Crippen LogP contribution in [-0.2, 0) is 4.79 Å². The molecular formula is C14H9Cl2NO4. The van der Waals surface area contributed by atoms with Crippen LogP contribution in [0.1, 0.15) is 16.1 Å². The molecular weight excluding hydrogens is 317 g/mol. The van der Waals surface area contributed by atoms with E-state index in [1.807, 2.05) is 0 Å². The number of amides is 1. The number of carboxylic acid groups (broad SMARTS) is 1. The Hall–Kier alpha value is -2.24. The highest BCUT2D eigenvalue weighted by Crippen LogP contribution is 2.32. The summed E-state index contributed by atoms with van der Waals surface area (Å²) in [6.07, 6.45) is 4.20. The molecule has 1 heterocycles. The van der Waals surface area contributed by atoms with Gasteiger partial charge in [0.25, 0.3) is 0 Å². The fourth-order valence-corrected chi connectivity index (χ4v) is 2.11. The summed E-state index contributed by atoms with van der Waals surface area (Å²) in [5.41, 5.74) is 0.0894. The highest BCUT2D eigenvalue weighted by Gasteiger charge is 2.13. The Bertz CT molecular complexity index is 685. The highest BCUT2D eigenvalue weighted by atomic mass is 35.5. The average Bonchev–Trinajstić information content (AvgIpc) is 2.93. The van der Waals surface area contributed by atoms with E-state index in [1.54, 1.807) is 12.1 Å². The minimum absolute atomic E-state index is 0.0413. The van der Waals surface area contributed by atoms with E-state index < -0.39 is 11.9 Å². The van der Waals surface area contributed by atoms with Gasteiger partial charge < -0.3 is 14.8 Å². The van der Waals surface area contributed by atoms with Crippen LogP contribution in [0.4, 0.5) is 5.69 Å². The lowest BCUT2D eigenvalue weighted by molar-refractivity contribution is -0.111. The molecule has 21 heavy (non-hydrogen) atoms. The summed E-state index contributed by atoms with van der Waals surface area (Å²) >= 11 is 11.8. The van der Waals surface area contributed by atoms with Crippen LogP contribution in [0.25, 0.3) is 6.08 Å². The summed E-state index contributed by atoms with van der Waals surface area (Å²) in [6, 6.07) is 5.80. The first kappa shape index (κ1) is 15.2. The molecule has 0 aliphatic rings. The number of hydrogen-bond donors (Lipinski definition) is 2. The van der Waals surface area contributed by atoms with Crippen LogP contribution in [-0.4, -0.2) is 17.0 Å². The topological polar surface area (TPSA) is 79.5 Å². The summed E-state index contributed by atoms with van der Waals surface area (Å²) in [4.78, 5) is 22.6. The molecule has 0 fully saturated rings. The summed E-state index contributed by atoms with van der Waals surface area (Å²) < 4.78 is 5.04.